The first kappa shape index (κ1) is 74.3. The second-order valence-electron chi connectivity index (χ2n) is 25.4. The molecule has 27 nitrogen and oxygen atoms in total. The lowest BCUT2D eigenvalue weighted by Crippen LogP contribution is -2.52. The Hall–Kier alpha value is -8.53. The topological polar surface area (TPSA) is 360 Å². The Morgan fingerprint density at radius 2 is 1.62 bits per heavy atom. The van der Waals surface area contributed by atoms with Gasteiger partial charge in [-0.05, 0) is 93.7 Å². The van der Waals surface area contributed by atoms with E-state index in [9.17, 15) is 55.2 Å². The number of piperidine rings is 1. The lowest BCUT2D eigenvalue weighted by molar-refractivity contribution is -0.915. The summed E-state index contributed by atoms with van der Waals surface area (Å²) in [6, 6.07) is 14.3. The molecule has 0 saturated carbocycles. The molecule has 0 radical (unpaired) electrons. The molecule has 2 aromatic carbocycles. The highest BCUT2D eigenvalue weighted by atomic mass is 32.2. The normalized spacial score (nSPS) is 17.6. The fourth-order valence-corrected chi connectivity index (χ4v) is 13.9. The van der Waals surface area contributed by atoms with Gasteiger partial charge in [-0.3, -0.25) is 24.0 Å². The van der Waals surface area contributed by atoms with E-state index in [2.05, 4.69) is 44.8 Å². The number of amides is 4. The maximum Gasteiger partial charge on any atom is 0.510 e. The minimum atomic E-state index is -3.55. The van der Waals surface area contributed by atoms with Gasteiger partial charge in [-0.1, -0.05) is 49.1 Å². The average molecular weight is 1380 g/mol. The number of aromatic nitrogens is 4. The number of sulfonamides is 1. The summed E-state index contributed by atoms with van der Waals surface area (Å²) in [5.41, 5.74) is 7.30. The summed E-state index contributed by atoms with van der Waals surface area (Å²) in [7, 11) is -4.84. The molecule has 29 heteroatoms. The van der Waals surface area contributed by atoms with Gasteiger partial charge in [-0.15, -0.1) is 0 Å². The maximum absolute atomic E-state index is 14.4. The number of Topliss-reactive ketones (excluding diaryl/α,β-unsaturated/α-hetero) is 2. The molecule has 97 heavy (non-hydrogen) atoms. The predicted octanol–water partition coefficient (Wildman–Crippen LogP) is 5.39. The fourth-order valence-electron chi connectivity index (χ4n) is 12.2. The molecule has 3 aliphatic rings. The number of urea groups is 1. The van der Waals surface area contributed by atoms with Crippen molar-refractivity contribution < 1.29 is 78.6 Å². The van der Waals surface area contributed by atoms with Crippen molar-refractivity contribution in [1.82, 2.24) is 34.5 Å². The number of primary amides is 1. The Bertz CT molecular complexity index is 4070. The number of unbranched alkanes of at least 4 members (excludes halogenated alkanes) is 1. The Morgan fingerprint density at radius 3 is 2.31 bits per heavy atom. The molecule has 6 heterocycles. The smallest absolute Gasteiger partial charge is 0.457 e. The maximum atomic E-state index is 14.4. The monoisotopic (exact) mass is 1380 g/mol. The number of pyridine rings is 2. The molecule has 1 saturated heterocycles. The van der Waals surface area contributed by atoms with E-state index in [4.69, 9.17) is 34.4 Å². The van der Waals surface area contributed by atoms with Crippen LogP contribution in [-0.4, -0.2) is 178 Å². The van der Waals surface area contributed by atoms with Crippen LogP contribution in [0.3, 0.4) is 0 Å². The summed E-state index contributed by atoms with van der Waals surface area (Å²) in [6.45, 7) is 8.51. The number of carbonyl (C=O) groups is 7. The summed E-state index contributed by atoms with van der Waals surface area (Å²) in [6.07, 6.45) is 8.22. The van der Waals surface area contributed by atoms with Crippen LogP contribution >= 0.6 is 0 Å². The number of hydrogen-bond acceptors (Lipinski definition) is 20. The van der Waals surface area contributed by atoms with Gasteiger partial charge >= 0.3 is 18.2 Å². The van der Waals surface area contributed by atoms with Crippen molar-refractivity contribution in [2.24, 2.45) is 17.6 Å². The van der Waals surface area contributed by atoms with E-state index in [1.807, 2.05) is 24.3 Å². The van der Waals surface area contributed by atoms with Gasteiger partial charge in [0.2, 0.25) is 42.4 Å². The molecule has 5 N–H and O–H groups in total. The van der Waals surface area contributed by atoms with Crippen LogP contribution in [0.1, 0.15) is 125 Å². The molecule has 3 aliphatic heterocycles. The van der Waals surface area contributed by atoms with Crippen LogP contribution in [0, 0.1) is 23.7 Å². The lowest BCUT2D eigenvalue weighted by Gasteiger charge is -2.40. The van der Waals surface area contributed by atoms with Crippen molar-refractivity contribution in [3.05, 3.63) is 111 Å². The molecule has 3 aromatic heterocycles. The first-order chi connectivity index (χ1) is 46.2. The number of cyclic esters (lactones) is 1. The van der Waals surface area contributed by atoms with Gasteiger partial charge < -0.3 is 54.4 Å². The molecular formula is C68H87N10O17S2+. The molecule has 2 atom stereocenters. The number of benzene rings is 2. The number of ether oxygens (including phenoxy) is 5. The van der Waals surface area contributed by atoms with Crippen molar-refractivity contribution in [1.29, 1.82) is 0 Å². The summed E-state index contributed by atoms with van der Waals surface area (Å²) < 4.78 is 80.7. The third kappa shape index (κ3) is 20.3. The van der Waals surface area contributed by atoms with Crippen LogP contribution in [0.2, 0.25) is 0 Å². The zero-order valence-corrected chi connectivity index (χ0v) is 57.4. The first-order valence-electron chi connectivity index (χ1n) is 32.6. The SMILES string of the molecule is CC[C@@]1(OC(=O)OCc2ccc(NC(=O)[C@H](CCCNC(N)=O)CC(=O)COCC(=O)CCCOCC[N+]3(C)CCC(CNC(=O)CCCC#Cc4cnc(S(C)(=O)=O)nc4)CC3)cc2)C(=O)OCc2c1cc1n(c2=O)Cc2c-1nc1ccccc1c2CCN(C(C)C)S(C)(=O)=O. The summed E-state index contributed by atoms with van der Waals surface area (Å²) in [5, 5.41) is 8.90. The molecule has 4 amide bonds. The number of esters is 1. The highest BCUT2D eigenvalue weighted by Gasteiger charge is 2.51. The van der Waals surface area contributed by atoms with Gasteiger partial charge in [0.1, 0.15) is 33.0 Å². The number of para-hydroxylation sites is 1. The predicted molar refractivity (Wildman–Crippen MR) is 357 cm³/mol. The molecule has 0 spiro atoms. The van der Waals surface area contributed by atoms with E-state index in [1.165, 1.54) is 27.5 Å². The van der Waals surface area contributed by atoms with Gasteiger partial charge in [-0.2, -0.15) is 4.31 Å². The van der Waals surface area contributed by atoms with Crippen LogP contribution < -0.4 is 27.2 Å². The Balaban J connectivity index is 0.748. The number of nitrogens with one attached hydrogen (secondary N) is 3. The van der Waals surface area contributed by atoms with Crippen molar-refractivity contribution in [2.45, 2.75) is 134 Å². The van der Waals surface area contributed by atoms with E-state index < -0.39 is 73.4 Å². The standard InChI is InChI=1S/C68H86N10O17S2/c1-7-68(57-36-59-61-55(40-76(59)63(83)56(57)44-93-64(68)84)53(54-18-11-12-19-58(54)75-61)25-29-77(45(2)3)97(6,89)90)95-67(86)94-41-47-21-23-50(24-22-47)74-62(82)49(16-13-28-70-65(69)85)35-52(80)43-92-42-51(79)17-14-33-91-34-32-78(4)30-26-46(27-31-78)37-71-60(81)20-10-8-9-15-48-38-72-66(73-39-48)96(5,87)88/h11-12,18-19,21-24,36,38-39,45-46,49H,7-8,10,13-14,16-17,20,25-35,37,40-44H2,1-6H3,(H4-,69,70,71,74,81,82,85)/p+1/t46?,49-,68+,78?/m1/s1. The third-order valence-electron chi connectivity index (χ3n) is 17.7. The van der Waals surface area contributed by atoms with E-state index in [-0.39, 0.29) is 99.2 Å². The molecule has 8 rings (SSSR count). The number of quaternary nitrogens is 1. The van der Waals surface area contributed by atoms with Crippen LogP contribution in [0.15, 0.2) is 76.9 Å². The number of hydrogen-bond donors (Lipinski definition) is 4. The van der Waals surface area contributed by atoms with E-state index >= 15 is 0 Å². The minimum absolute atomic E-state index is 0.0230. The van der Waals surface area contributed by atoms with Crippen molar-refractivity contribution in [2.75, 3.05) is 90.6 Å². The van der Waals surface area contributed by atoms with Gasteiger partial charge in [0.05, 0.1) is 67.6 Å². The Labute approximate surface area is 564 Å². The molecule has 0 aliphatic carbocycles. The molecule has 0 unspecified atom stereocenters. The fraction of sp³-hybridized carbons (Fsp3) is 0.515. The number of fused-ring (bicyclic) bond motifs is 5. The van der Waals surface area contributed by atoms with Crippen molar-refractivity contribution in [3.63, 3.8) is 0 Å². The highest BCUT2D eigenvalue weighted by molar-refractivity contribution is 7.90. The number of likely N-dealkylation sites (tertiary alicyclic amines) is 1. The number of nitrogens with zero attached hydrogens (tertiary/aromatic N) is 6. The van der Waals surface area contributed by atoms with Gasteiger partial charge in [-0.25, -0.2) is 46.2 Å². The van der Waals surface area contributed by atoms with E-state index in [0.29, 0.717) is 97.9 Å². The second kappa shape index (κ2) is 33.6. The van der Waals surface area contributed by atoms with Crippen molar-refractivity contribution >= 4 is 78.0 Å². The molecule has 5 aromatic rings. The number of carbonyl (C=O) groups excluding carboxylic acids is 7. The van der Waals surface area contributed by atoms with E-state index in [1.54, 1.807) is 51.1 Å². The zero-order valence-electron chi connectivity index (χ0n) is 55.8. The largest absolute Gasteiger partial charge is 0.510 e. The zero-order chi connectivity index (χ0) is 70.1. The van der Waals surface area contributed by atoms with Crippen LogP contribution in [0.5, 0.6) is 0 Å². The third-order valence-corrected chi connectivity index (χ3v) is 20.0. The minimum Gasteiger partial charge on any atom is -0.457 e. The highest BCUT2D eigenvalue weighted by Crippen LogP contribution is 2.42. The second-order valence-corrected chi connectivity index (χ2v) is 29.2. The number of rotatable bonds is 34. The lowest BCUT2D eigenvalue weighted by atomic mass is 9.85. The van der Waals surface area contributed by atoms with Gasteiger partial charge in [0, 0.05) is 118 Å². The van der Waals surface area contributed by atoms with Gasteiger partial charge in [0.15, 0.2) is 11.6 Å². The number of likely N-dealkylation sites (N-methyl/N-ethyl adjacent to an activating group) is 1. The Morgan fingerprint density at radius 1 is 0.897 bits per heavy atom. The molecule has 522 valence electrons. The first-order valence-corrected chi connectivity index (χ1v) is 36.3. The van der Waals surface area contributed by atoms with Crippen molar-refractivity contribution in [3.8, 4) is 23.2 Å². The van der Waals surface area contributed by atoms with Crippen LogP contribution in [0.4, 0.5) is 15.3 Å². The van der Waals surface area contributed by atoms with Gasteiger partial charge in [0.25, 0.3) is 5.56 Å². The molecular weight excluding hydrogens is 1290 g/mol. The van der Waals surface area contributed by atoms with Crippen LogP contribution in [0.25, 0.3) is 22.3 Å². The molecule has 0 bridgehead atoms. The van der Waals surface area contributed by atoms with Crippen LogP contribution in [-0.2, 0) is 99.3 Å². The van der Waals surface area contributed by atoms with E-state index in [0.717, 1.165) is 59.7 Å². The summed E-state index contributed by atoms with van der Waals surface area (Å²) in [5.74, 6) is 3.36. The number of nitrogens with two attached hydrogens (primary N) is 1. The molecule has 1 fully saturated rings. The Kier molecular flexibility index (Phi) is 25.7. The number of anilines is 1. The summed E-state index contributed by atoms with van der Waals surface area (Å²) in [4.78, 5) is 118. The quantitative estimate of drug-likeness (QED) is 0.0129. The number of sulfone groups is 1. The number of ketones is 2. The summed E-state index contributed by atoms with van der Waals surface area (Å²) >= 11 is 0. The average Bonchev–Trinajstić information content (AvgIpc) is 1.59.